The van der Waals surface area contributed by atoms with E-state index in [-0.39, 0.29) is 18.4 Å². The number of hydrogen-bond acceptors (Lipinski definition) is 5. The van der Waals surface area contributed by atoms with Gasteiger partial charge in [-0.05, 0) is 54.8 Å². The minimum absolute atomic E-state index is 0.0561. The Balaban J connectivity index is 1.47. The molecule has 1 aliphatic carbocycles. The lowest BCUT2D eigenvalue weighted by atomic mass is 10.0. The summed E-state index contributed by atoms with van der Waals surface area (Å²) < 4.78 is 47.2. The normalized spacial score (nSPS) is 16.6. The molecule has 0 atom stereocenters. The van der Waals surface area contributed by atoms with E-state index in [1.54, 1.807) is 23.5 Å². The summed E-state index contributed by atoms with van der Waals surface area (Å²) in [5.41, 5.74) is 4.88. The highest BCUT2D eigenvalue weighted by molar-refractivity contribution is 7.88. The smallest absolute Gasteiger partial charge is 0.211 e. The van der Waals surface area contributed by atoms with Gasteiger partial charge in [0.2, 0.25) is 10.0 Å². The SMILES string of the molecule is COc1ccc(CN2CCc3c(c(CN(C4CC4)S(C)(=O)=O)nn3-c3ccc(F)cc3)C2)cc1. The molecule has 9 heteroatoms. The predicted octanol–water partition coefficient (Wildman–Crippen LogP) is 3.50. The Kier molecular flexibility index (Phi) is 6.18. The summed E-state index contributed by atoms with van der Waals surface area (Å²) in [4.78, 5) is 2.35. The third-order valence-corrected chi connectivity index (χ3v) is 7.82. The summed E-state index contributed by atoms with van der Waals surface area (Å²) in [7, 11) is -1.69. The molecule has 1 fully saturated rings. The summed E-state index contributed by atoms with van der Waals surface area (Å²) in [6.45, 7) is 2.57. The fourth-order valence-corrected chi connectivity index (χ4v) is 5.73. The Hall–Kier alpha value is -2.75. The van der Waals surface area contributed by atoms with Crippen LogP contribution in [0.5, 0.6) is 5.75 Å². The molecule has 0 amide bonds. The summed E-state index contributed by atoms with van der Waals surface area (Å²) in [5.74, 6) is 0.529. The second-order valence-corrected chi connectivity index (χ2v) is 11.0. The quantitative estimate of drug-likeness (QED) is 0.490. The van der Waals surface area contributed by atoms with Gasteiger partial charge in [-0.2, -0.15) is 9.40 Å². The van der Waals surface area contributed by atoms with E-state index in [1.807, 2.05) is 16.8 Å². The average Bonchev–Trinajstić information content (AvgIpc) is 3.59. The maximum absolute atomic E-state index is 13.5. The van der Waals surface area contributed by atoms with Gasteiger partial charge in [-0.1, -0.05) is 12.1 Å². The maximum atomic E-state index is 13.5. The van der Waals surface area contributed by atoms with Crippen LogP contribution in [0.4, 0.5) is 4.39 Å². The largest absolute Gasteiger partial charge is 0.497 e. The molecule has 0 bridgehead atoms. The number of hydrogen-bond donors (Lipinski definition) is 0. The fraction of sp³-hybridized carbons (Fsp3) is 0.400. The molecule has 34 heavy (non-hydrogen) atoms. The van der Waals surface area contributed by atoms with Gasteiger partial charge in [0.1, 0.15) is 11.6 Å². The first-order chi connectivity index (χ1) is 16.3. The molecule has 3 aromatic rings. The zero-order valence-corrected chi connectivity index (χ0v) is 20.3. The zero-order valence-electron chi connectivity index (χ0n) is 19.4. The van der Waals surface area contributed by atoms with Crippen molar-refractivity contribution >= 4 is 10.0 Å². The zero-order chi connectivity index (χ0) is 23.9. The van der Waals surface area contributed by atoms with E-state index >= 15 is 0 Å². The van der Waals surface area contributed by atoms with Crippen LogP contribution in [0.1, 0.15) is 35.4 Å². The number of ether oxygens (including phenoxy) is 1. The van der Waals surface area contributed by atoms with Gasteiger partial charge >= 0.3 is 0 Å². The second-order valence-electron chi connectivity index (χ2n) is 9.11. The highest BCUT2D eigenvalue weighted by Gasteiger charge is 2.37. The molecule has 2 aliphatic rings. The number of halogens is 1. The molecule has 5 rings (SSSR count). The van der Waals surface area contributed by atoms with Gasteiger partial charge in [0.25, 0.3) is 0 Å². The van der Waals surface area contributed by atoms with Gasteiger partial charge in [0.15, 0.2) is 0 Å². The highest BCUT2D eigenvalue weighted by Crippen LogP contribution is 2.33. The van der Waals surface area contributed by atoms with Crippen LogP contribution in [-0.4, -0.2) is 53.4 Å². The van der Waals surface area contributed by atoms with Crippen molar-refractivity contribution in [2.75, 3.05) is 19.9 Å². The van der Waals surface area contributed by atoms with Crippen molar-refractivity contribution < 1.29 is 17.5 Å². The first-order valence-electron chi connectivity index (χ1n) is 11.5. The van der Waals surface area contributed by atoms with Crippen LogP contribution in [-0.2, 0) is 36.1 Å². The van der Waals surface area contributed by atoms with E-state index in [0.717, 1.165) is 60.7 Å². The first kappa shape index (κ1) is 23.0. The number of rotatable bonds is 8. The van der Waals surface area contributed by atoms with Crippen LogP contribution in [0.2, 0.25) is 0 Å². The Labute approximate surface area is 199 Å². The van der Waals surface area contributed by atoms with Crippen LogP contribution in [0.25, 0.3) is 5.69 Å². The lowest BCUT2D eigenvalue weighted by Gasteiger charge is -2.28. The van der Waals surface area contributed by atoms with E-state index in [4.69, 9.17) is 9.84 Å². The first-order valence-corrected chi connectivity index (χ1v) is 13.3. The second kappa shape index (κ2) is 9.13. The summed E-state index contributed by atoms with van der Waals surface area (Å²) in [6.07, 6.45) is 3.82. The minimum Gasteiger partial charge on any atom is -0.497 e. The molecule has 2 aromatic carbocycles. The highest BCUT2D eigenvalue weighted by atomic mass is 32.2. The standard InChI is InChI=1S/C25H29FN4O3S/c1-33-22-11-3-18(4-12-22)15-28-14-13-25-23(16-28)24(17-29(20-9-10-20)34(2,31)32)27-30(25)21-7-5-19(26)6-8-21/h3-8,11-12,20H,9-10,13-17H2,1-2H3. The van der Waals surface area contributed by atoms with E-state index in [1.165, 1.54) is 24.0 Å². The van der Waals surface area contributed by atoms with Gasteiger partial charge in [-0.25, -0.2) is 17.5 Å². The topological polar surface area (TPSA) is 67.7 Å². The Morgan fingerprint density at radius 2 is 1.82 bits per heavy atom. The summed E-state index contributed by atoms with van der Waals surface area (Å²) >= 11 is 0. The molecule has 180 valence electrons. The Bertz CT molecular complexity index is 1270. The average molecular weight is 485 g/mol. The van der Waals surface area contributed by atoms with Gasteiger partial charge in [-0.3, -0.25) is 4.90 Å². The van der Waals surface area contributed by atoms with Crippen LogP contribution in [0.3, 0.4) is 0 Å². The van der Waals surface area contributed by atoms with E-state index in [0.29, 0.717) is 6.54 Å². The van der Waals surface area contributed by atoms with Crippen LogP contribution >= 0.6 is 0 Å². The number of aromatic nitrogens is 2. The van der Waals surface area contributed by atoms with Gasteiger partial charge in [0, 0.05) is 37.7 Å². The van der Waals surface area contributed by atoms with Crippen molar-refractivity contribution in [1.29, 1.82) is 0 Å². The molecule has 0 unspecified atom stereocenters. The minimum atomic E-state index is -3.35. The molecule has 1 aliphatic heterocycles. The third kappa shape index (κ3) is 4.87. The molecule has 0 N–H and O–H groups in total. The van der Waals surface area contributed by atoms with Crippen LogP contribution < -0.4 is 4.74 Å². The summed E-state index contributed by atoms with van der Waals surface area (Å²) in [5, 5.41) is 4.86. The van der Waals surface area contributed by atoms with Crippen molar-refractivity contribution in [3.8, 4) is 11.4 Å². The maximum Gasteiger partial charge on any atom is 0.211 e. The predicted molar refractivity (Wildman–Crippen MR) is 128 cm³/mol. The number of sulfonamides is 1. The van der Waals surface area contributed by atoms with E-state index in [2.05, 4.69) is 17.0 Å². The third-order valence-electron chi connectivity index (χ3n) is 6.54. The van der Waals surface area contributed by atoms with E-state index < -0.39 is 10.0 Å². The van der Waals surface area contributed by atoms with E-state index in [9.17, 15) is 12.8 Å². The van der Waals surface area contributed by atoms with Crippen LogP contribution in [0, 0.1) is 5.82 Å². The number of methoxy groups -OCH3 is 1. The molecule has 0 radical (unpaired) electrons. The molecular weight excluding hydrogens is 455 g/mol. The molecule has 0 spiro atoms. The van der Waals surface area contributed by atoms with Crippen molar-refractivity contribution in [1.82, 2.24) is 19.0 Å². The summed E-state index contributed by atoms with van der Waals surface area (Å²) in [6, 6.07) is 14.4. The Morgan fingerprint density at radius 1 is 1.12 bits per heavy atom. The van der Waals surface area contributed by atoms with Gasteiger partial charge < -0.3 is 4.74 Å². The Morgan fingerprint density at radius 3 is 2.44 bits per heavy atom. The van der Waals surface area contributed by atoms with Crippen molar-refractivity contribution in [2.24, 2.45) is 0 Å². The molecule has 1 aromatic heterocycles. The molecule has 2 heterocycles. The molecule has 7 nitrogen and oxygen atoms in total. The number of fused-ring (bicyclic) bond motifs is 1. The molecule has 1 saturated carbocycles. The van der Waals surface area contributed by atoms with Crippen LogP contribution in [0.15, 0.2) is 48.5 Å². The van der Waals surface area contributed by atoms with Crippen molar-refractivity contribution in [3.05, 3.63) is 76.9 Å². The van der Waals surface area contributed by atoms with Gasteiger partial charge in [0.05, 0.1) is 37.0 Å². The lowest BCUT2D eigenvalue weighted by molar-refractivity contribution is 0.242. The van der Waals surface area contributed by atoms with Crippen molar-refractivity contribution in [3.63, 3.8) is 0 Å². The monoisotopic (exact) mass is 484 g/mol. The molecular formula is C25H29FN4O3S. The number of benzene rings is 2. The lowest BCUT2D eigenvalue weighted by Crippen LogP contribution is -2.33. The number of nitrogens with zero attached hydrogens (tertiary/aromatic N) is 4. The van der Waals surface area contributed by atoms with Crippen molar-refractivity contribution in [2.45, 2.75) is 44.9 Å². The fourth-order valence-electron chi connectivity index (χ4n) is 4.62. The molecule has 0 saturated heterocycles. The van der Waals surface area contributed by atoms with Gasteiger partial charge in [-0.15, -0.1) is 0 Å².